The quantitative estimate of drug-likeness (QED) is 0.329. The number of rotatable bonds is 6. The van der Waals surface area contributed by atoms with E-state index < -0.39 is 4.92 Å². The second-order valence-electron chi connectivity index (χ2n) is 6.31. The Kier molecular flexibility index (Phi) is 4.94. The average molecular weight is 386 g/mol. The molecule has 0 amide bonds. The lowest BCUT2D eigenvalue weighted by atomic mass is 10.1. The molecule has 1 heterocycles. The summed E-state index contributed by atoms with van der Waals surface area (Å²) in [6.07, 6.45) is 0. The smallest absolute Gasteiger partial charge is 0.335 e. The summed E-state index contributed by atoms with van der Waals surface area (Å²) in [6, 6.07) is 23.8. The van der Waals surface area contributed by atoms with Gasteiger partial charge in [0.2, 0.25) is 5.82 Å². The number of benzene rings is 3. The molecule has 0 aliphatic carbocycles. The Bertz CT molecular complexity index is 1170. The summed E-state index contributed by atoms with van der Waals surface area (Å²) in [4.78, 5) is 16.2. The molecule has 4 rings (SSSR count). The summed E-state index contributed by atoms with van der Waals surface area (Å²) in [6.45, 7) is 0. The first-order chi connectivity index (χ1) is 14.2. The van der Waals surface area contributed by atoms with Crippen LogP contribution >= 0.6 is 0 Å². The van der Waals surface area contributed by atoms with Gasteiger partial charge in [-0.2, -0.15) is 0 Å². The number of ether oxygens (including phenoxy) is 1. The highest BCUT2D eigenvalue weighted by Crippen LogP contribution is 2.41. The van der Waals surface area contributed by atoms with Crippen molar-refractivity contribution in [2.75, 3.05) is 17.7 Å². The normalized spacial score (nSPS) is 10.5. The van der Waals surface area contributed by atoms with Gasteiger partial charge in [-0.05, 0) is 42.5 Å². The zero-order chi connectivity index (χ0) is 20.2. The van der Waals surface area contributed by atoms with Crippen molar-refractivity contribution in [2.24, 2.45) is 0 Å². The molecule has 29 heavy (non-hydrogen) atoms. The number of hydrogen-bond donors (Lipinski definition) is 2. The van der Waals surface area contributed by atoms with Crippen LogP contribution in [0.5, 0.6) is 5.75 Å². The maximum absolute atomic E-state index is 12.1. The van der Waals surface area contributed by atoms with Gasteiger partial charge in [0, 0.05) is 16.8 Å². The van der Waals surface area contributed by atoms with Crippen molar-refractivity contribution >= 4 is 39.5 Å². The fraction of sp³-hybridized carbons (Fsp3) is 0.0455. The topological polar surface area (TPSA) is 89.3 Å². The van der Waals surface area contributed by atoms with E-state index in [1.54, 1.807) is 25.3 Å². The zero-order valence-electron chi connectivity index (χ0n) is 15.6. The average Bonchev–Trinajstić information content (AvgIpc) is 2.74. The minimum atomic E-state index is -0.428. The Balaban J connectivity index is 1.95. The molecule has 0 atom stereocenters. The highest BCUT2D eigenvalue weighted by Gasteiger charge is 2.26. The van der Waals surface area contributed by atoms with Crippen LogP contribution in [0.4, 0.5) is 28.6 Å². The van der Waals surface area contributed by atoms with E-state index in [0.717, 1.165) is 5.69 Å². The Hall–Kier alpha value is -4.13. The number of hydrogen-bond acceptors (Lipinski definition) is 6. The van der Waals surface area contributed by atoms with Crippen molar-refractivity contribution in [3.63, 3.8) is 0 Å². The van der Waals surface area contributed by atoms with E-state index in [0.29, 0.717) is 28.0 Å². The first kappa shape index (κ1) is 18.2. The lowest BCUT2D eigenvalue weighted by Gasteiger charge is -2.15. The maximum atomic E-state index is 12.1. The van der Waals surface area contributed by atoms with Crippen LogP contribution in [0.25, 0.3) is 10.9 Å². The second kappa shape index (κ2) is 7.85. The van der Waals surface area contributed by atoms with Gasteiger partial charge in [0.05, 0.1) is 17.5 Å². The van der Waals surface area contributed by atoms with E-state index in [4.69, 9.17) is 4.74 Å². The fourth-order valence-electron chi connectivity index (χ4n) is 3.07. The zero-order valence-corrected chi connectivity index (χ0v) is 15.6. The van der Waals surface area contributed by atoms with Gasteiger partial charge < -0.3 is 15.4 Å². The maximum Gasteiger partial charge on any atom is 0.335 e. The largest absolute Gasteiger partial charge is 0.497 e. The minimum Gasteiger partial charge on any atom is -0.497 e. The van der Waals surface area contributed by atoms with Gasteiger partial charge in [-0.25, -0.2) is 4.98 Å². The number of nitrogens with zero attached hydrogens (tertiary/aromatic N) is 2. The Morgan fingerprint density at radius 1 is 0.897 bits per heavy atom. The molecule has 1 aromatic heterocycles. The number of methoxy groups -OCH3 is 1. The van der Waals surface area contributed by atoms with Crippen molar-refractivity contribution in [3.8, 4) is 5.75 Å². The molecule has 0 aliphatic heterocycles. The molecule has 0 saturated carbocycles. The first-order valence-electron chi connectivity index (χ1n) is 8.96. The summed E-state index contributed by atoms with van der Waals surface area (Å²) in [5.74, 6) is 0.755. The third-order valence-electron chi connectivity index (χ3n) is 4.43. The van der Waals surface area contributed by atoms with Crippen LogP contribution in [0, 0.1) is 10.1 Å². The summed E-state index contributed by atoms with van der Waals surface area (Å²) < 4.78 is 5.31. The van der Waals surface area contributed by atoms with Gasteiger partial charge in [0.15, 0.2) is 0 Å². The Morgan fingerprint density at radius 3 is 2.10 bits per heavy atom. The molecule has 7 heteroatoms. The van der Waals surface area contributed by atoms with Crippen LogP contribution in [-0.2, 0) is 0 Å². The molecule has 0 saturated heterocycles. The molecule has 0 spiro atoms. The van der Waals surface area contributed by atoms with Gasteiger partial charge in [0.1, 0.15) is 11.4 Å². The van der Waals surface area contributed by atoms with Crippen LogP contribution in [0.3, 0.4) is 0 Å². The van der Waals surface area contributed by atoms with Crippen LogP contribution in [0.15, 0.2) is 78.9 Å². The van der Waals surface area contributed by atoms with E-state index in [1.807, 2.05) is 60.7 Å². The number of para-hydroxylation sites is 2. The number of anilines is 4. The number of nitro groups is 1. The summed E-state index contributed by atoms with van der Waals surface area (Å²) in [5, 5.41) is 18.9. The lowest BCUT2D eigenvalue weighted by molar-refractivity contribution is -0.383. The van der Waals surface area contributed by atoms with E-state index in [9.17, 15) is 10.1 Å². The van der Waals surface area contributed by atoms with Crippen LogP contribution < -0.4 is 15.4 Å². The molecule has 0 unspecified atom stereocenters. The third kappa shape index (κ3) is 3.79. The summed E-state index contributed by atoms with van der Waals surface area (Å²) in [5.41, 5.74) is 2.26. The van der Waals surface area contributed by atoms with Gasteiger partial charge in [-0.15, -0.1) is 0 Å². The molecule has 2 N–H and O–H groups in total. The van der Waals surface area contributed by atoms with Crippen molar-refractivity contribution in [3.05, 3.63) is 89.0 Å². The molecule has 0 bridgehead atoms. The molecule has 7 nitrogen and oxygen atoms in total. The molecular formula is C22H18N4O3. The van der Waals surface area contributed by atoms with Gasteiger partial charge >= 0.3 is 5.69 Å². The van der Waals surface area contributed by atoms with Crippen LogP contribution in [0.2, 0.25) is 0 Å². The van der Waals surface area contributed by atoms with Gasteiger partial charge in [0.25, 0.3) is 0 Å². The predicted molar refractivity (Wildman–Crippen MR) is 114 cm³/mol. The number of nitrogens with one attached hydrogen (secondary N) is 2. The summed E-state index contributed by atoms with van der Waals surface area (Å²) >= 11 is 0. The van der Waals surface area contributed by atoms with Crippen LogP contribution in [-0.4, -0.2) is 17.0 Å². The lowest BCUT2D eigenvalue weighted by Crippen LogP contribution is -2.05. The van der Waals surface area contributed by atoms with Crippen molar-refractivity contribution in [1.29, 1.82) is 0 Å². The van der Waals surface area contributed by atoms with Crippen molar-refractivity contribution < 1.29 is 9.66 Å². The summed E-state index contributed by atoms with van der Waals surface area (Å²) in [7, 11) is 1.55. The molecule has 4 aromatic rings. The van der Waals surface area contributed by atoms with Crippen molar-refractivity contribution in [2.45, 2.75) is 0 Å². The number of fused-ring (bicyclic) bond motifs is 1. The minimum absolute atomic E-state index is 0.140. The van der Waals surface area contributed by atoms with E-state index in [-0.39, 0.29) is 11.5 Å². The Morgan fingerprint density at radius 2 is 1.52 bits per heavy atom. The second-order valence-corrected chi connectivity index (χ2v) is 6.31. The van der Waals surface area contributed by atoms with E-state index in [1.165, 1.54) is 0 Å². The molecule has 3 aromatic carbocycles. The molecule has 144 valence electrons. The first-order valence-corrected chi connectivity index (χ1v) is 8.96. The molecule has 0 radical (unpaired) electrons. The van der Waals surface area contributed by atoms with Crippen molar-refractivity contribution in [1.82, 2.24) is 4.98 Å². The van der Waals surface area contributed by atoms with Gasteiger partial charge in [-0.3, -0.25) is 10.1 Å². The SMILES string of the molecule is COc1ccc2nc(Nc3ccccc3)c([N+](=O)[O-])c(Nc3ccccc3)c2c1. The molecule has 0 aliphatic rings. The third-order valence-corrected chi connectivity index (χ3v) is 4.43. The highest BCUT2D eigenvalue weighted by atomic mass is 16.6. The molecular weight excluding hydrogens is 368 g/mol. The fourth-order valence-corrected chi connectivity index (χ4v) is 3.07. The number of aromatic nitrogens is 1. The highest BCUT2D eigenvalue weighted by molar-refractivity contribution is 6.02. The van der Waals surface area contributed by atoms with Crippen LogP contribution in [0.1, 0.15) is 0 Å². The van der Waals surface area contributed by atoms with E-state index in [2.05, 4.69) is 15.6 Å². The predicted octanol–water partition coefficient (Wildman–Crippen LogP) is 5.64. The standard InChI is InChI=1S/C22H18N4O3/c1-29-17-12-13-19-18(14-17)20(23-15-8-4-2-5-9-15)21(26(27)28)22(25-19)24-16-10-6-3-7-11-16/h2-14H,1H3,(H2,23,24,25). The molecule has 0 fully saturated rings. The van der Waals surface area contributed by atoms with E-state index >= 15 is 0 Å². The van der Waals surface area contributed by atoms with Gasteiger partial charge in [-0.1, -0.05) is 36.4 Å². The number of pyridine rings is 1. The Labute approximate surface area is 167 Å². The monoisotopic (exact) mass is 386 g/mol.